The van der Waals surface area contributed by atoms with Crippen LogP contribution in [0.4, 0.5) is 0 Å². The molecule has 2 unspecified atom stereocenters. The number of aromatic nitrogens is 4. The average Bonchev–Trinajstić information content (AvgIpc) is 3.01. The normalized spacial score (nSPS) is 15.0. The molecule has 2 atom stereocenters. The summed E-state index contributed by atoms with van der Waals surface area (Å²) in [5.74, 6) is 0.313. The number of tetrazole rings is 1. The molecule has 23 heavy (non-hydrogen) atoms. The van der Waals surface area contributed by atoms with Gasteiger partial charge in [-0.1, -0.05) is 50.6 Å². The Morgan fingerprint density at radius 3 is 2.74 bits per heavy atom. The number of hydrogen-bond acceptors (Lipinski definition) is 5. The van der Waals surface area contributed by atoms with Gasteiger partial charge in [0.2, 0.25) is 11.7 Å². The van der Waals surface area contributed by atoms with Crippen LogP contribution in [-0.4, -0.2) is 43.4 Å². The van der Waals surface area contributed by atoms with Crippen LogP contribution in [-0.2, 0) is 11.3 Å². The van der Waals surface area contributed by atoms with Crippen LogP contribution in [0.25, 0.3) is 11.4 Å². The third kappa shape index (κ3) is 4.59. The summed E-state index contributed by atoms with van der Waals surface area (Å²) in [5.41, 5.74) is -0.0889. The number of hydrogen-bond donors (Lipinski definition) is 2. The molecule has 0 saturated heterocycles. The van der Waals surface area contributed by atoms with Crippen molar-refractivity contribution in [2.75, 3.05) is 6.54 Å². The van der Waals surface area contributed by atoms with Gasteiger partial charge in [-0.25, -0.2) is 0 Å². The highest BCUT2D eigenvalue weighted by Crippen LogP contribution is 2.18. The first-order chi connectivity index (χ1) is 10.9. The van der Waals surface area contributed by atoms with E-state index < -0.39 is 5.60 Å². The Bertz CT molecular complexity index is 639. The minimum absolute atomic E-state index is 0.0313. The van der Waals surface area contributed by atoms with Crippen molar-refractivity contribution < 1.29 is 9.90 Å². The zero-order chi connectivity index (χ0) is 16.9. The molecule has 1 amide bonds. The Morgan fingerprint density at radius 1 is 1.39 bits per heavy atom. The molecule has 124 valence electrons. The summed E-state index contributed by atoms with van der Waals surface area (Å²) in [6.45, 7) is 5.85. The lowest BCUT2D eigenvalue weighted by Crippen LogP contribution is -2.45. The lowest BCUT2D eigenvalue weighted by Gasteiger charge is -2.29. The molecule has 7 nitrogen and oxygen atoms in total. The van der Waals surface area contributed by atoms with Crippen LogP contribution < -0.4 is 5.32 Å². The number of amides is 1. The number of nitrogens with zero attached hydrogens (tertiary/aromatic N) is 4. The molecular formula is C16H23N5O2. The molecule has 0 aliphatic heterocycles. The van der Waals surface area contributed by atoms with E-state index in [1.807, 2.05) is 44.2 Å². The number of carbonyl (C=O) groups excluding carboxylic acids is 1. The van der Waals surface area contributed by atoms with Crippen LogP contribution in [0.1, 0.15) is 27.2 Å². The predicted molar refractivity (Wildman–Crippen MR) is 86.3 cm³/mol. The number of nitrogens with one attached hydrogen (secondary N) is 1. The Hall–Kier alpha value is -2.28. The summed E-state index contributed by atoms with van der Waals surface area (Å²) in [4.78, 5) is 13.2. The highest BCUT2D eigenvalue weighted by Gasteiger charge is 2.27. The smallest absolute Gasteiger partial charge is 0.243 e. The third-order valence-corrected chi connectivity index (χ3v) is 4.09. The van der Waals surface area contributed by atoms with Gasteiger partial charge in [0.05, 0.1) is 5.60 Å². The molecule has 7 heteroatoms. The Morgan fingerprint density at radius 2 is 2.09 bits per heavy atom. The Balaban J connectivity index is 1.90. The second-order valence-electron chi connectivity index (χ2n) is 5.95. The van der Waals surface area contributed by atoms with Gasteiger partial charge < -0.3 is 10.4 Å². The Labute approximate surface area is 135 Å². The van der Waals surface area contributed by atoms with Crippen molar-refractivity contribution in [2.24, 2.45) is 5.92 Å². The number of rotatable bonds is 7. The SMILES string of the molecule is CCC(C)C(C)(O)CNC(=O)Cn1nnc(-c2ccccc2)n1. The van der Waals surface area contributed by atoms with Crippen LogP contribution in [0.2, 0.25) is 0 Å². The predicted octanol–water partition coefficient (Wildman–Crippen LogP) is 1.25. The molecule has 0 radical (unpaired) electrons. The number of benzene rings is 1. The van der Waals surface area contributed by atoms with Crippen molar-refractivity contribution in [3.8, 4) is 11.4 Å². The summed E-state index contributed by atoms with van der Waals surface area (Å²) in [7, 11) is 0. The molecule has 0 spiro atoms. The van der Waals surface area contributed by atoms with E-state index in [-0.39, 0.29) is 24.9 Å². The Kier molecular flexibility index (Phi) is 5.44. The topological polar surface area (TPSA) is 92.9 Å². The van der Waals surface area contributed by atoms with E-state index in [1.54, 1.807) is 6.92 Å². The van der Waals surface area contributed by atoms with Gasteiger partial charge in [-0.15, -0.1) is 10.2 Å². The maximum absolute atomic E-state index is 12.0. The van der Waals surface area contributed by atoms with Crippen LogP contribution in [0.3, 0.4) is 0 Å². The van der Waals surface area contributed by atoms with Crippen molar-refractivity contribution in [1.82, 2.24) is 25.5 Å². The maximum atomic E-state index is 12.0. The summed E-state index contributed by atoms with van der Waals surface area (Å²) >= 11 is 0. The highest BCUT2D eigenvalue weighted by molar-refractivity contribution is 5.75. The average molecular weight is 317 g/mol. The molecule has 1 aromatic heterocycles. The molecule has 0 aliphatic rings. The lowest BCUT2D eigenvalue weighted by molar-refractivity contribution is -0.123. The number of carbonyl (C=O) groups is 1. The van der Waals surface area contributed by atoms with Gasteiger partial charge >= 0.3 is 0 Å². The van der Waals surface area contributed by atoms with Gasteiger partial charge in [0.25, 0.3) is 0 Å². The monoisotopic (exact) mass is 317 g/mol. The quantitative estimate of drug-likeness (QED) is 0.802. The third-order valence-electron chi connectivity index (χ3n) is 4.09. The summed E-state index contributed by atoms with van der Waals surface area (Å²) < 4.78 is 0. The van der Waals surface area contributed by atoms with Gasteiger partial charge in [-0.05, 0) is 18.1 Å². The van der Waals surface area contributed by atoms with E-state index in [0.29, 0.717) is 5.82 Å². The first kappa shape index (κ1) is 17.1. The molecule has 2 N–H and O–H groups in total. The van der Waals surface area contributed by atoms with E-state index in [1.165, 1.54) is 4.80 Å². The lowest BCUT2D eigenvalue weighted by atomic mass is 9.89. The highest BCUT2D eigenvalue weighted by atomic mass is 16.3. The van der Waals surface area contributed by atoms with Crippen LogP contribution in [0.15, 0.2) is 30.3 Å². The van der Waals surface area contributed by atoms with E-state index in [9.17, 15) is 9.90 Å². The molecule has 2 rings (SSSR count). The molecule has 0 aliphatic carbocycles. The van der Waals surface area contributed by atoms with E-state index >= 15 is 0 Å². The minimum atomic E-state index is -0.935. The van der Waals surface area contributed by atoms with Gasteiger partial charge in [-0.2, -0.15) is 4.80 Å². The standard InChI is InChI=1S/C16H23N5O2/c1-4-12(2)16(3,23)11-17-14(22)10-21-19-15(18-20-21)13-8-6-5-7-9-13/h5-9,12,23H,4,10-11H2,1-3H3,(H,17,22). The fourth-order valence-electron chi connectivity index (χ4n) is 2.09. The van der Waals surface area contributed by atoms with Gasteiger partial charge in [0.15, 0.2) is 0 Å². The largest absolute Gasteiger partial charge is 0.388 e. The fraction of sp³-hybridized carbons (Fsp3) is 0.500. The summed E-state index contributed by atoms with van der Waals surface area (Å²) in [6, 6.07) is 9.44. The molecule has 0 fully saturated rings. The first-order valence-corrected chi connectivity index (χ1v) is 7.74. The summed E-state index contributed by atoms with van der Waals surface area (Å²) in [5, 5.41) is 25.0. The van der Waals surface area contributed by atoms with Crippen molar-refractivity contribution in [2.45, 2.75) is 39.3 Å². The van der Waals surface area contributed by atoms with Gasteiger partial charge in [-0.3, -0.25) is 4.79 Å². The minimum Gasteiger partial charge on any atom is -0.388 e. The van der Waals surface area contributed by atoms with Crippen molar-refractivity contribution in [3.05, 3.63) is 30.3 Å². The van der Waals surface area contributed by atoms with Crippen molar-refractivity contribution in [3.63, 3.8) is 0 Å². The second kappa shape index (κ2) is 7.32. The zero-order valence-electron chi connectivity index (χ0n) is 13.7. The molecule has 0 bridgehead atoms. The number of aliphatic hydroxyl groups is 1. The molecule has 2 aromatic rings. The van der Waals surface area contributed by atoms with Crippen LogP contribution in [0, 0.1) is 5.92 Å². The maximum Gasteiger partial charge on any atom is 0.243 e. The first-order valence-electron chi connectivity index (χ1n) is 7.74. The fourth-order valence-corrected chi connectivity index (χ4v) is 2.09. The molecular weight excluding hydrogens is 294 g/mol. The zero-order valence-corrected chi connectivity index (χ0v) is 13.7. The summed E-state index contributed by atoms with van der Waals surface area (Å²) in [6.07, 6.45) is 0.841. The van der Waals surface area contributed by atoms with Crippen LogP contribution >= 0.6 is 0 Å². The van der Waals surface area contributed by atoms with Crippen molar-refractivity contribution >= 4 is 5.91 Å². The molecule has 0 saturated carbocycles. The van der Waals surface area contributed by atoms with Gasteiger partial charge in [0, 0.05) is 12.1 Å². The molecule has 1 aromatic carbocycles. The van der Waals surface area contributed by atoms with E-state index in [4.69, 9.17) is 0 Å². The van der Waals surface area contributed by atoms with E-state index in [2.05, 4.69) is 20.7 Å². The molecule has 1 heterocycles. The van der Waals surface area contributed by atoms with Crippen LogP contribution in [0.5, 0.6) is 0 Å². The second-order valence-corrected chi connectivity index (χ2v) is 5.95. The van der Waals surface area contributed by atoms with Gasteiger partial charge in [0.1, 0.15) is 6.54 Å². The van der Waals surface area contributed by atoms with E-state index in [0.717, 1.165) is 12.0 Å². The van der Waals surface area contributed by atoms with Crippen molar-refractivity contribution in [1.29, 1.82) is 0 Å².